The molecule has 0 aliphatic carbocycles. The Bertz CT molecular complexity index is 564. The number of hydrogen-bond donors (Lipinski definition) is 0. The lowest BCUT2D eigenvalue weighted by Gasteiger charge is -2.13. The molecule has 0 N–H and O–H groups in total. The Morgan fingerprint density at radius 3 is 2.11 bits per heavy atom. The SMILES string of the molecule is C=C(OC(=O)c1ccccc1)C(Cl)c1ccccc1. The van der Waals surface area contributed by atoms with Gasteiger partial charge in [-0.25, -0.2) is 4.79 Å². The molecule has 2 aromatic carbocycles. The van der Waals surface area contributed by atoms with Crippen LogP contribution in [0, 0.1) is 0 Å². The van der Waals surface area contributed by atoms with Gasteiger partial charge in [-0.1, -0.05) is 55.1 Å². The van der Waals surface area contributed by atoms with E-state index in [9.17, 15) is 4.79 Å². The summed E-state index contributed by atoms with van der Waals surface area (Å²) in [5.74, 6) is -0.228. The van der Waals surface area contributed by atoms with Crippen molar-refractivity contribution < 1.29 is 9.53 Å². The normalized spacial score (nSPS) is 11.6. The van der Waals surface area contributed by atoms with Crippen molar-refractivity contribution in [2.75, 3.05) is 0 Å². The number of hydrogen-bond acceptors (Lipinski definition) is 2. The second-order valence-electron chi connectivity index (χ2n) is 4.00. The molecule has 0 aromatic heterocycles. The molecular formula is C16H13ClO2. The quantitative estimate of drug-likeness (QED) is 0.470. The van der Waals surface area contributed by atoms with Crippen LogP contribution in [-0.4, -0.2) is 5.97 Å². The summed E-state index contributed by atoms with van der Waals surface area (Å²) >= 11 is 6.21. The third kappa shape index (κ3) is 3.46. The Morgan fingerprint density at radius 1 is 1.00 bits per heavy atom. The summed E-state index contributed by atoms with van der Waals surface area (Å²) < 4.78 is 5.19. The molecule has 1 unspecified atom stereocenters. The second kappa shape index (κ2) is 6.21. The van der Waals surface area contributed by atoms with Gasteiger partial charge in [-0.3, -0.25) is 0 Å². The Balaban J connectivity index is 2.04. The largest absolute Gasteiger partial charge is 0.426 e. The number of carbonyl (C=O) groups excluding carboxylic acids is 1. The minimum Gasteiger partial charge on any atom is -0.426 e. The van der Waals surface area contributed by atoms with E-state index in [1.165, 1.54) is 0 Å². The van der Waals surface area contributed by atoms with E-state index in [0.29, 0.717) is 5.56 Å². The average Bonchev–Trinajstić information content (AvgIpc) is 2.48. The smallest absolute Gasteiger partial charge is 0.343 e. The van der Waals surface area contributed by atoms with Crippen LogP contribution in [0.2, 0.25) is 0 Å². The fraction of sp³-hybridized carbons (Fsp3) is 0.0625. The molecular weight excluding hydrogens is 260 g/mol. The van der Waals surface area contributed by atoms with Gasteiger partial charge in [0.2, 0.25) is 0 Å². The third-order valence-electron chi connectivity index (χ3n) is 2.61. The van der Waals surface area contributed by atoms with Gasteiger partial charge in [0.25, 0.3) is 0 Å². The van der Waals surface area contributed by atoms with Crippen LogP contribution < -0.4 is 0 Å². The minimum atomic E-state index is -0.547. The van der Waals surface area contributed by atoms with Crippen molar-refractivity contribution in [2.45, 2.75) is 5.38 Å². The van der Waals surface area contributed by atoms with Crippen LogP contribution in [0.15, 0.2) is 73.0 Å². The minimum absolute atomic E-state index is 0.224. The summed E-state index contributed by atoms with van der Waals surface area (Å²) in [6.45, 7) is 3.72. The lowest BCUT2D eigenvalue weighted by molar-refractivity contribution is 0.0617. The van der Waals surface area contributed by atoms with E-state index in [2.05, 4.69) is 6.58 Å². The molecule has 0 radical (unpaired) electrons. The van der Waals surface area contributed by atoms with Gasteiger partial charge in [0.1, 0.15) is 11.1 Å². The van der Waals surface area contributed by atoms with Crippen LogP contribution >= 0.6 is 11.6 Å². The molecule has 0 saturated carbocycles. The van der Waals surface area contributed by atoms with E-state index in [-0.39, 0.29) is 5.76 Å². The Morgan fingerprint density at radius 2 is 1.53 bits per heavy atom. The maximum atomic E-state index is 11.8. The molecule has 19 heavy (non-hydrogen) atoms. The highest BCUT2D eigenvalue weighted by Crippen LogP contribution is 2.28. The van der Waals surface area contributed by atoms with E-state index in [4.69, 9.17) is 16.3 Å². The van der Waals surface area contributed by atoms with Crippen molar-refractivity contribution in [2.24, 2.45) is 0 Å². The topological polar surface area (TPSA) is 26.3 Å². The molecule has 0 spiro atoms. The predicted molar refractivity (Wildman–Crippen MR) is 76.0 cm³/mol. The molecule has 0 fully saturated rings. The predicted octanol–water partition coefficient (Wildman–Crippen LogP) is 4.34. The van der Waals surface area contributed by atoms with E-state index < -0.39 is 11.3 Å². The second-order valence-corrected chi connectivity index (χ2v) is 4.43. The summed E-state index contributed by atoms with van der Waals surface area (Å²) in [5.41, 5.74) is 1.32. The van der Waals surface area contributed by atoms with E-state index >= 15 is 0 Å². The first-order valence-corrected chi connectivity index (χ1v) is 6.27. The van der Waals surface area contributed by atoms with Crippen LogP contribution in [-0.2, 0) is 4.74 Å². The number of allylic oxidation sites excluding steroid dienone is 1. The monoisotopic (exact) mass is 272 g/mol. The van der Waals surface area contributed by atoms with Crippen molar-refractivity contribution in [3.05, 3.63) is 84.1 Å². The molecule has 3 heteroatoms. The van der Waals surface area contributed by atoms with Crippen LogP contribution in [0.5, 0.6) is 0 Å². The standard InChI is InChI=1S/C16H13ClO2/c1-12(15(17)13-8-4-2-5-9-13)19-16(18)14-10-6-3-7-11-14/h2-11,15H,1H2. The summed E-state index contributed by atoms with van der Waals surface area (Å²) in [4.78, 5) is 11.8. The molecule has 96 valence electrons. The Labute approximate surface area is 117 Å². The lowest BCUT2D eigenvalue weighted by Crippen LogP contribution is -2.07. The molecule has 0 aliphatic rings. The zero-order valence-corrected chi connectivity index (χ0v) is 11.0. The summed E-state index contributed by atoms with van der Waals surface area (Å²) in [6, 6.07) is 18.1. The van der Waals surface area contributed by atoms with Crippen LogP contribution in [0.25, 0.3) is 0 Å². The van der Waals surface area contributed by atoms with Gasteiger partial charge in [0, 0.05) is 0 Å². The first-order chi connectivity index (χ1) is 9.18. The van der Waals surface area contributed by atoms with Crippen LogP contribution in [0.1, 0.15) is 21.3 Å². The van der Waals surface area contributed by atoms with Crippen molar-refractivity contribution in [3.63, 3.8) is 0 Å². The van der Waals surface area contributed by atoms with Crippen molar-refractivity contribution >= 4 is 17.6 Å². The van der Waals surface area contributed by atoms with E-state index in [1.54, 1.807) is 24.3 Å². The first-order valence-electron chi connectivity index (χ1n) is 5.83. The highest BCUT2D eigenvalue weighted by atomic mass is 35.5. The first kappa shape index (κ1) is 13.4. The molecule has 0 aliphatic heterocycles. The highest BCUT2D eigenvalue weighted by molar-refractivity contribution is 6.22. The van der Waals surface area contributed by atoms with Gasteiger partial charge in [-0.15, -0.1) is 11.6 Å². The number of rotatable bonds is 4. The van der Waals surface area contributed by atoms with Gasteiger partial charge >= 0.3 is 5.97 Å². The van der Waals surface area contributed by atoms with Gasteiger partial charge < -0.3 is 4.74 Å². The number of halogens is 1. The fourth-order valence-corrected chi connectivity index (χ4v) is 1.80. The van der Waals surface area contributed by atoms with E-state index in [0.717, 1.165) is 5.56 Å². The van der Waals surface area contributed by atoms with Gasteiger partial charge in [0.05, 0.1) is 5.56 Å². The third-order valence-corrected chi connectivity index (χ3v) is 3.10. The maximum absolute atomic E-state index is 11.8. The molecule has 1 atom stereocenters. The molecule has 0 bridgehead atoms. The number of esters is 1. The zero-order valence-electron chi connectivity index (χ0n) is 10.3. The molecule has 2 aromatic rings. The Hall–Kier alpha value is -2.06. The van der Waals surface area contributed by atoms with Crippen LogP contribution in [0.3, 0.4) is 0 Å². The van der Waals surface area contributed by atoms with Crippen molar-refractivity contribution in [3.8, 4) is 0 Å². The fourth-order valence-electron chi connectivity index (χ4n) is 1.61. The Kier molecular flexibility index (Phi) is 4.37. The lowest BCUT2D eigenvalue weighted by atomic mass is 10.1. The van der Waals surface area contributed by atoms with Crippen molar-refractivity contribution in [1.82, 2.24) is 0 Å². The van der Waals surface area contributed by atoms with Gasteiger partial charge in [-0.05, 0) is 17.7 Å². The number of alkyl halides is 1. The highest BCUT2D eigenvalue weighted by Gasteiger charge is 2.17. The molecule has 0 saturated heterocycles. The van der Waals surface area contributed by atoms with Crippen LogP contribution in [0.4, 0.5) is 0 Å². The summed E-state index contributed by atoms with van der Waals surface area (Å²) in [6.07, 6.45) is 0. The number of benzene rings is 2. The van der Waals surface area contributed by atoms with Gasteiger partial charge in [0.15, 0.2) is 0 Å². The zero-order chi connectivity index (χ0) is 13.7. The average molecular weight is 273 g/mol. The number of carbonyl (C=O) groups is 1. The molecule has 2 nitrogen and oxygen atoms in total. The molecule has 0 amide bonds. The maximum Gasteiger partial charge on any atom is 0.343 e. The molecule has 0 heterocycles. The number of ether oxygens (including phenoxy) is 1. The van der Waals surface area contributed by atoms with E-state index in [1.807, 2.05) is 36.4 Å². The summed E-state index contributed by atoms with van der Waals surface area (Å²) in [5, 5.41) is -0.547. The summed E-state index contributed by atoms with van der Waals surface area (Å²) in [7, 11) is 0. The van der Waals surface area contributed by atoms with Gasteiger partial charge in [-0.2, -0.15) is 0 Å². The van der Waals surface area contributed by atoms with Crippen molar-refractivity contribution in [1.29, 1.82) is 0 Å². The molecule has 2 rings (SSSR count).